The molecule has 2 saturated carbocycles. The molecule has 1 atom stereocenters. The first-order valence-electron chi connectivity index (χ1n) is 11.6. The number of ether oxygens (including phenoxy) is 1. The Morgan fingerprint density at radius 1 is 1.00 bits per heavy atom. The summed E-state index contributed by atoms with van der Waals surface area (Å²) in [6.07, 6.45) is 15.5. The van der Waals surface area contributed by atoms with Crippen molar-refractivity contribution >= 4 is 0 Å². The fourth-order valence-corrected chi connectivity index (χ4v) is 4.52. The maximum absolute atomic E-state index is 8.02. The van der Waals surface area contributed by atoms with Crippen molar-refractivity contribution in [3.8, 4) is 5.75 Å². The molecule has 1 heterocycles. The summed E-state index contributed by atoms with van der Waals surface area (Å²) in [5.41, 5.74) is 2.92. The summed E-state index contributed by atoms with van der Waals surface area (Å²) < 4.78 is 5.37. The maximum atomic E-state index is 8.02. The number of aliphatic hydroxyl groups is 2. The van der Waals surface area contributed by atoms with Crippen LogP contribution in [0.25, 0.3) is 5.32 Å². The molecule has 2 aliphatic carbocycles. The Morgan fingerprint density at radius 3 is 2.17 bits per heavy atom. The van der Waals surface area contributed by atoms with Gasteiger partial charge in [-0.05, 0) is 24.1 Å². The number of hydrogen-bond acceptors (Lipinski definition) is 4. The second-order valence-electron chi connectivity index (χ2n) is 8.21. The van der Waals surface area contributed by atoms with Crippen LogP contribution in [-0.4, -0.2) is 43.8 Å². The molecule has 3 N–H and O–H groups in total. The van der Waals surface area contributed by atoms with E-state index in [4.69, 9.17) is 20.3 Å². The predicted molar refractivity (Wildman–Crippen MR) is 119 cm³/mol. The van der Waals surface area contributed by atoms with Crippen molar-refractivity contribution in [3.63, 3.8) is 0 Å². The Kier molecular flexibility index (Phi) is 16.3. The van der Waals surface area contributed by atoms with Gasteiger partial charge >= 0.3 is 0 Å². The molecule has 6 heteroatoms. The van der Waals surface area contributed by atoms with Crippen molar-refractivity contribution in [1.82, 2.24) is 5.32 Å². The summed E-state index contributed by atoms with van der Waals surface area (Å²) in [7, 11) is 1.75. The Labute approximate surface area is 208 Å². The number of aliphatic hydroxyl groups excluding tert-OH is 2. The molecule has 5 nitrogen and oxygen atoms in total. The summed E-state index contributed by atoms with van der Waals surface area (Å²) in [6, 6.07) is 6.97. The van der Waals surface area contributed by atoms with Crippen molar-refractivity contribution in [3.05, 3.63) is 34.6 Å². The van der Waals surface area contributed by atoms with Gasteiger partial charge in [-0.2, -0.15) is 0 Å². The maximum Gasteiger partial charge on any atom is 0.119 e. The standard InChI is InChI=1S/C16H22NO.C5H10.C3H9NO2.Y/c1-18-14-8-7-12-9-10-17-16(15(12)11-14)13-5-3-2-4-6-13;1-2-4-5-3-1;5-2-1-4-3-6;/h7-8,11,13,16H,2-6,9-10H2,1H3;1-5H2;4-6H,1-3H2;/q-1;;;. The number of rotatable bonds is 5. The van der Waals surface area contributed by atoms with Crippen molar-refractivity contribution in [2.24, 2.45) is 5.92 Å². The van der Waals surface area contributed by atoms with Crippen LogP contribution in [0, 0.1) is 5.92 Å². The number of fused-ring (bicyclic) bond motifs is 1. The molecular weight excluding hydrogens is 453 g/mol. The zero-order valence-corrected chi connectivity index (χ0v) is 21.7. The second kappa shape index (κ2) is 17.5. The Hall–Kier alpha value is -0.0361. The number of nitrogens with zero attached hydrogens (tertiary/aromatic N) is 1. The molecule has 30 heavy (non-hydrogen) atoms. The third-order valence-electron chi connectivity index (χ3n) is 6.13. The van der Waals surface area contributed by atoms with Crippen LogP contribution in [0.4, 0.5) is 0 Å². The molecular formula is C24H41N2O3Y-. The molecule has 1 radical (unpaired) electrons. The molecule has 1 unspecified atom stereocenters. The summed E-state index contributed by atoms with van der Waals surface area (Å²) in [4.78, 5) is 0. The van der Waals surface area contributed by atoms with Gasteiger partial charge in [0.15, 0.2) is 0 Å². The monoisotopic (exact) mass is 494 g/mol. The first-order valence-corrected chi connectivity index (χ1v) is 11.6. The molecule has 0 bridgehead atoms. The van der Waals surface area contributed by atoms with Crippen LogP contribution in [0.3, 0.4) is 0 Å². The molecule has 0 saturated heterocycles. The number of methoxy groups -OCH3 is 1. The van der Waals surface area contributed by atoms with E-state index in [1.54, 1.807) is 7.11 Å². The molecule has 1 aromatic carbocycles. The first-order chi connectivity index (χ1) is 14.3. The third-order valence-corrected chi connectivity index (χ3v) is 6.13. The minimum atomic E-state index is -0.0550. The van der Waals surface area contributed by atoms with Gasteiger partial charge in [-0.3, -0.25) is 5.32 Å². The van der Waals surface area contributed by atoms with Gasteiger partial charge in [0.25, 0.3) is 0 Å². The fourth-order valence-electron chi connectivity index (χ4n) is 4.52. The molecule has 169 valence electrons. The number of benzene rings is 1. The van der Waals surface area contributed by atoms with Crippen molar-refractivity contribution in [2.45, 2.75) is 76.7 Å². The van der Waals surface area contributed by atoms with Crippen LogP contribution in [0.15, 0.2) is 18.2 Å². The topological polar surface area (TPSA) is 75.8 Å². The fraction of sp³-hybridized carbons (Fsp3) is 0.750. The third kappa shape index (κ3) is 10.1. The van der Waals surface area contributed by atoms with Gasteiger partial charge in [0.1, 0.15) is 5.75 Å². The molecule has 1 aliphatic heterocycles. The van der Waals surface area contributed by atoms with E-state index in [2.05, 4.69) is 23.5 Å². The van der Waals surface area contributed by atoms with Crippen LogP contribution in [-0.2, 0) is 39.1 Å². The summed E-state index contributed by atoms with van der Waals surface area (Å²) >= 11 is 0. The largest absolute Gasteiger partial charge is 0.655 e. The number of hydrogen-bond donors (Lipinski definition) is 3. The van der Waals surface area contributed by atoms with E-state index < -0.39 is 0 Å². The van der Waals surface area contributed by atoms with Crippen LogP contribution in [0.2, 0.25) is 0 Å². The summed E-state index contributed by atoms with van der Waals surface area (Å²) in [5, 5.41) is 23.4. The molecule has 4 rings (SSSR count). The van der Waals surface area contributed by atoms with Crippen LogP contribution >= 0.6 is 0 Å². The summed E-state index contributed by atoms with van der Waals surface area (Å²) in [6.45, 7) is 1.50. The van der Waals surface area contributed by atoms with E-state index in [0.29, 0.717) is 12.6 Å². The van der Waals surface area contributed by atoms with Gasteiger partial charge in [0.05, 0.1) is 20.4 Å². The van der Waals surface area contributed by atoms with Crippen molar-refractivity contribution in [2.75, 3.05) is 33.5 Å². The van der Waals surface area contributed by atoms with Gasteiger partial charge in [-0.25, -0.2) is 0 Å². The normalized spacial score (nSPS) is 20.6. The molecule has 0 amide bonds. The second-order valence-corrected chi connectivity index (χ2v) is 8.21. The smallest absolute Gasteiger partial charge is 0.119 e. The minimum absolute atomic E-state index is 0. The van der Waals surface area contributed by atoms with E-state index in [-0.39, 0.29) is 46.0 Å². The molecule has 3 aliphatic rings. The first kappa shape index (κ1) is 28.0. The van der Waals surface area contributed by atoms with Crippen LogP contribution in [0.5, 0.6) is 5.75 Å². The Balaban J connectivity index is 0.000000311. The molecule has 2 fully saturated rings. The quantitative estimate of drug-likeness (QED) is 0.409. The Morgan fingerprint density at radius 2 is 1.63 bits per heavy atom. The molecule has 1 aromatic rings. The van der Waals surface area contributed by atoms with Crippen LogP contribution in [0.1, 0.15) is 81.4 Å². The average molecular weight is 495 g/mol. The van der Waals surface area contributed by atoms with Gasteiger partial charge < -0.3 is 20.3 Å². The SMILES string of the molecule is C1CCCC1.COc1ccc2c(c1)C(C1CCCCC1)[N-]CC2.OCCNCO.[Y]. The zero-order chi connectivity index (χ0) is 20.7. The van der Waals surface area contributed by atoms with Gasteiger partial charge in [-0.15, -0.1) is 12.6 Å². The van der Waals surface area contributed by atoms with Gasteiger partial charge in [-0.1, -0.05) is 81.8 Å². The number of nitrogens with one attached hydrogen (secondary N) is 1. The molecule has 0 spiro atoms. The van der Waals surface area contributed by atoms with Gasteiger partial charge in [0.2, 0.25) is 0 Å². The van der Waals surface area contributed by atoms with E-state index in [1.807, 2.05) is 0 Å². The van der Waals surface area contributed by atoms with Gasteiger partial charge in [0, 0.05) is 39.3 Å². The average Bonchev–Trinajstić information content (AvgIpc) is 3.38. The van der Waals surface area contributed by atoms with E-state index in [1.165, 1.54) is 75.3 Å². The van der Waals surface area contributed by atoms with E-state index in [9.17, 15) is 0 Å². The van der Waals surface area contributed by atoms with Crippen molar-refractivity contribution in [1.29, 1.82) is 0 Å². The zero-order valence-electron chi connectivity index (χ0n) is 18.8. The van der Waals surface area contributed by atoms with Crippen molar-refractivity contribution < 1.29 is 47.7 Å². The summed E-state index contributed by atoms with van der Waals surface area (Å²) in [5.74, 6) is 1.75. The predicted octanol–water partition coefficient (Wildman–Crippen LogP) is 4.71. The Bertz CT molecular complexity index is 538. The molecule has 0 aromatic heterocycles. The van der Waals surface area contributed by atoms with E-state index in [0.717, 1.165) is 24.6 Å². The van der Waals surface area contributed by atoms with E-state index >= 15 is 0 Å². The minimum Gasteiger partial charge on any atom is -0.655 e. The van der Waals surface area contributed by atoms with Crippen LogP contribution < -0.4 is 10.1 Å².